The summed E-state index contributed by atoms with van der Waals surface area (Å²) in [6.45, 7) is 5.77. The minimum atomic E-state index is -0.918. The van der Waals surface area contributed by atoms with E-state index in [-0.39, 0.29) is 31.1 Å². The average Bonchev–Trinajstić information content (AvgIpc) is 3.28. The van der Waals surface area contributed by atoms with Gasteiger partial charge in [0.15, 0.2) is 0 Å². The molecular formula is C21H37N5O6S. The van der Waals surface area contributed by atoms with Crippen LogP contribution in [0.25, 0.3) is 0 Å². The molecule has 1 fully saturated rings. The Morgan fingerprint density at radius 1 is 1.03 bits per heavy atom. The molecule has 12 heteroatoms. The molecule has 4 N–H and O–H groups in total. The van der Waals surface area contributed by atoms with Gasteiger partial charge >= 0.3 is 5.97 Å². The number of hydrogen-bond donors (Lipinski definition) is 4. The van der Waals surface area contributed by atoms with Gasteiger partial charge < -0.3 is 26.0 Å². The Labute approximate surface area is 199 Å². The van der Waals surface area contributed by atoms with Gasteiger partial charge in [0.1, 0.15) is 18.6 Å². The van der Waals surface area contributed by atoms with E-state index in [1.807, 2.05) is 20.1 Å². The van der Waals surface area contributed by atoms with E-state index in [2.05, 4.69) is 30.9 Å². The molecule has 11 nitrogen and oxygen atoms in total. The van der Waals surface area contributed by atoms with Gasteiger partial charge in [0.2, 0.25) is 23.6 Å². The molecule has 1 aliphatic rings. The highest BCUT2D eigenvalue weighted by atomic mass is 32.2. The van der Waals surface area contributed by atoms with Gasteiger partial charge in [-0.2, -0.15) is 11.8 Å². The van der Waals surface area contributed by atoms with E-state index in [0.29, 0.717) is 12.2 Å². The van der Waals surface area contributed by atoms with Crippen molar-refractivity contribution in [2.45, 2.75) is 64.2 Å². The van der Waals surface area contributed by atoms with E-state index in [0.717, 1.165) is 19.4 Å². The van der Waals surface area contributed by atoms with Crippen LogP contribution in [0.2, 0.25) is 0 Å². The molecule has 1 aliphatic heterocycles. The van der Waals surface area contributed by atoms with E-state index in [1.165, 1.54) is 14.0 Å². The first-order valence-electron chi connectivity index (χ1n) is 11.1. The van der Waals surface area contributed by atoms with Gasteiger partial charge in [-0.25, -0.2) is 0 Å². The molecule has 0 saturated carbocycles. The van der Waals surface area contributed by atoms with Crippen LogP contribution in [0.3, 0.4) is 0 Å². The van der Waals surface area contributed by atoms with Crippen LogP contribution in [0.4, 0.5) is 0 Å². The summed E-state index contributed by atoms with van der Waals surface area (Å²) in [7, 11) is 1.20. The zero-order valence-corrected chi connectivity index (χ0v) is 20.9. The Balaban J connectivity index is 2.60. The predicted octanol–water partition coefficient (Wildman–Crippen LogP) is -0.993. The highest BCUT2D eigenvalue weighted by Gasteiger charge is 2.34. The lowest BCUT2D eigenvalue weighted by Gasteiger charge is -2.29. The van der Waals surface area contributed by atoms with Crippen LogP contribution in [-0.4, -0.2) is 97.4 Å². The van der Waals surface area contributed by atoms with Crippen molar-refractivity contribution in [3.8, 4) is 0 Å². The largest absolute Gasteiger partial charge is 0.468 e. The molecule has 1 rings (SSSR count). The van der Waals surface area contributed by atoms with Gasteiger partial charge in [-0.15, -0.1) is 0 Å². The second-order valence-corrected chi connectivity index (χ2v) is 9.12. The van der Waals surface area contributed by atoms with Crippen molar-refractivity contribution in [2.24, 2.45) is 0 Å². The summed E-state index contributed by atoms with van der Waals surface area (Å²) in [5.74, 6) is -1.71. The fourth-order valence-corrected chi connectivity index (χ4v) is 3.94. The molecule has 0 aliphatic carbocycles. The number of nitrogens with zero attached hydrogens (tertiary/aromatic N) is 1. The smallest absolute Gasteiger partial charge is 0.325 e. The van der Waals surface area contributed by atoms with Crippen LogP contribution in [0.1, 0.15) is 40.0 Å². The van der Waals surface area contributed by atoms with Crippen molar-refractivity contribution in [1.82, 2.24) is 26.2 Å². The third-order valence-corrected chi connectivity index (χ3v) is 5.98. The quantitative estimate of drug-likeness (QED) is 0.242. The Morgan fingerprint density at radius 3 is 2.33 bits per heavy atom. The number of rotatable bonds is 13. The monoisotopic (exact) mass is 487 g/mol. The van der Waals surface area contributed by atoms with Gasteiger partial charge in [-0.1, -0.05) is 0 Å². The van der Waals surface area contributed by atoms with Gasteiger partial charge in [0.05, 0.1) is 19.7 Å². The zero-order chi connectivity index (χ0) is 25.0. The zero-order valence-electron chi connectivity index (χ0n) is 20.1. The summed E-state index contributed by atoms with van der Waals surface area (Å²) in [6, 6.07) is -1.72. The maximum absolute atomic E-state index is 12.9. The standard InChI is InChI=1S/C21H37N5O6S/c1-13(2)26-9-6-7-16(26)21(31)25-15(8-10-33-5)20(30)24-14(3)19(29)23-11-17(27)22-12-18(28)32-4/h13-16H,6-12H2,1-5H3,(H,22,27)(H,23,29)(H,24,30)(H,25,31)/t14-,15-,16-/m0/s1. The van der Waals surface area contributed by atoms with E-state index in [9.17, 15) is 24.0 Å². The Hall–Kier alpha value is -2.34. The third-order valence-electron chi connectivity index (χ3n) is 5.34. The topological polar surface area (TPSA) is 146 Å². The number of carbonyl (C=O) groups excluding carboxylic acids is 5. The molecule has 0 bridgehead atoms. The van der Waals surface area contributed by atoms with Crippen LogP contribution < -0.4 is 21.3 Å². The number of carbonyl (C=O) groups is 5. The Bertz CT molecular complexity index is 705. The van der Waals surface area contributed by atoms with Crippen LogP contribution >= 0.6 is 11.8 Å². The summed E-state index contributed by atoms with van der Waals surface area (Å²) >= 11 is 1.56. The number of hydrogen-bond acceptors (Lipinski definition) is 8. The fourth-order valence-electron chi connectivity index (χ4n) is 3.47. The first-order valence-corrected chi connectivity index (χ1v) is 12.5. The summed E-state index contributed by atoms with van der Waals surface area (Å²) in [5, 5.41) is 10.2. The molecule has 0 aromatic carbocycles. The number of ether oxygens (including phenoxy) is 1. The van der Waals surface area contributed by atoms with Gasteiger partial charge in [-0.05, 0) is 58.6 Å². The number of methoxy groups -OCH3 is 1. The predicted molar refractivity (Wildman–Crippen MR) is 125 cm³/mol. The maximum Gasteiger partial charge on any atom is 0.325 e. The first kappa shape index (κ1) is 28.7. The van der Waals surface area contributed by atoms with Crippen molar-refractivity contribution in [2.75, 3.05) is 38.8 Å². The Kier molecular flexibility index (Phi) is 12.8. The van der Waals surface area contributed by atoms with Gasteiger partial charge in [-0.3, -0.25) is 28.9 Å². The third kappa shape index (κ3) is 9.99. The number of amides is 4. The van der Waals surface area contributed by atoms with Crippen molar-refractivity contribution < 1.29 is 28.7 Å². The molecule has 0 unspecified atom stereocenters. The van der Waals surface area contributed by atoms with E-state index in [1.54, 1.807) is 11.8 Å². The number of thioether (sulfide) groups is 1. The Morgan fingerprint density at radius 2 is 1.73 bits per heavy atom. The van der Waals surface area contributed by atoms with Crippen molar-refractivity contribution in [3.05, 3.63) is 0 Å². The summed E-state index contributed by atoms with van der Waals surface area (Å²) < 4.78 is 4.41. The summed E-state index contributed by atoms with van der Waals surface area (Å²) in [4.78, 5) is 62.8. The molecule has 3 atom stereocenters. The first-order chi connectivity index (χ1) is 15.6. The van der Waals surface area contributed by atoms with E-state index in [4.69, 9.17) is 0 Å². The lowest BCUT2D eigenvalue weighted by atomic mass is 10.1. The SMILES string of the molecule is COC(=O)CNC(=O)CNC(=O)[C@H](C)NC(=O)[C@H](CCSC)NC(=O)[C@@H]1CCCN1C(C)C. The molecule has 4 amide bonds. The van der Waals surface area contributed by atoms with Crippen LogP contribution in [0, 0.1) is 0 Å². The molecule has 1 saturated heterocycles. The van der Waals surface area contributed by atoms with Crippen LogP contribution in [0.5, 0.6) is 0 Å². The average molecular weight is 488 g/mol. The molecule has 0 spiro atoms. The molecule has 1 heterocycles. The molecule has 0 radical (unpaired) electrons. The summed E-state index contributed by atoms with van der Waals surface area (Å²) in [6.07, 6.45) is 4.02. The normalized spacial score (nSPS) is 17.7. The number of esters is 1. The second kappa shape index (κ2) is 14.7. The minimum absolute atomic E-state index is 0.179. The highest BCUT2D eigenvalue weighted by Crippen LogP contribution is 2.20. The lowest BCUT2D eigenvalue weighted by Crippen LogP contribution is -2.56. The number of nitrogens with one attached hydrogen (secondary N) is 4. The minimum Gasteiger partial charge on any atom is -0.468 e. The van der Waals surface area contributed by atoms with Crippen molar-refractivity contribution in [1.29, 1.82) is 0 Å². The fraction of sp³-hybridized carbons (Fsp3) is 0.762. The molecule has 0 aromatic rings. The summed E-state index contributed by atoms with van der Waals surface area (Å²) in [5.41, 5.74) is 0. The molecule has 0 aromatic heterocycles. The van der Waals surface area contributed by atoms with Gasteiger partial charge in [0.25, 0.3) is 0 Å². The molecule has 33 heavy (non-hydrogen) atoms. The lowest BCUT2D eigenvalue weighted by molar-refractivity contribution is -0.141. The van der Waals surface area contributed by atoms with Crippen molar-refractivity contribution >= 4 is 41.4 Å². The highest BCUT2D eigenvalue weighted by molar-refractivity contribution is 7.98. The molecule has 188 valence electrons. The van der Waals surface area contributed by atoms with E-state index >= 15 is 0 Å². The second-order valence-electron chi connectivity index (χ2n) is 8.13. The van der Waals surface area contributed by atoms with Gasteiger partial charge in [0, 0.05) is 6.04 Å². The van der Waals surface area contributed by atoms with Crippen molar-refractivity contribution in [3.63, 3.8) is 0 Å². The molecular weight excluding hydrogens is 450 g/mol. The van der Waals surface area contributed by atoms with Crippen LogP contribution in [0.15, 0.2) is 0 Å². The van der Waals surface area contributed by atoms with Crippen LogP contribution in [-0.2, 0) is 28.7 Å². The maximum atomic E-state index is 12.9. The number of likely N-dealkylation sites (tertiary alicyclic amines) is 1. The van der Waals surface area contributed by atoms with E-state index < -0.39 is 35.8 Å².